The number of rotatable bonds is 5. The zero-order valence-electron chi connectivity index (χ0n) is 10.7. The van der Waals surface area contributed by atoms with Gasteiger partial charge < -0.3 is 5.32 Å². The van der Waals surface area contributed by atoms with Crippen LogP contribution in [0.15, 0.2) is 24.5 Å². The highest BCUT2D eigenvalue weighted by Crippen LogP contribution is 2.20. The van der Waals surface area contributed by atoms with Gasteiger partial charge in [-0.2, -0.15) is 5.10 Å². The van der Waals surface area contributed by atoms with Gasteiger partial charge in [0.1, 0.15) is 0 Å². The molecule has 0 atom stereocenters. The number of aromatic nitrogens is 3. The molecular weight excluding hydrogens is 248 g/mol. The monoisotopic (exact) mass is 264 g/mol. The maximum Gasteiger partial charge on any atom is 0.152 e. The maximum atomic E-state index is 6.04. The number of aryl methyl sites for hydroxylation is 2. The average molecular weight is 265 g/mol. The Kier molecular flexibility index (Phi) is 4.20. The molecule has 0 amide bonds. The first kappa shape index (κ1) is 12.9. The number of nitrogens with zero attached hydrogens (tertiary/aromatic N) is 3. The molecule has 2 aromatic heterocycles. The molecule has 0 saturated carbocycles. The van der Waals surface area contributed by atoms with Crippen LogP contribution in [-0.2, 0) is 13.1 Å². The lowest BCUT2D eigenvalue weighted by atomic mass is 10.3. The van der Waals surface area contributed by atoms with E-state index in [1.165, 1.54) is 0 Å². The summed E-state index contributed by atoms with van der Waals surface area (Å²) in [6.45, 7) is 5.77. The summed E-state index contributed by atoms with van der Waals surface area (Å²) in [5.41, 5.74) is 3.10. The second kappa shape index (κ2) is 5.87. The molecule has 2 aromatic rings. The van der Waals surface area contributed by atoms with Crippen molar-refractivity contribution in [2.75, 3.05) is 5.32 Å². The molecule has 4 nitrogen and oxygen atoms in total. The Morgan fingerprint density at radius 3 is 3.06 bits per heavy atom. The van der Waals surface area contributed by atoms with E-state index < -0.39 is 0 Å². The van der Waals surface area contributed by atoms with E-state index in [2.05, 4.69) is 22.3 Å². The Balaban J connectivity index is 2.06. The molecule has 0 radical (unpaired) electrons. The van der Waals surface area contributed by atoms with Crippen molar-refractivity contribution in [3.8, 4) is 0 Å². The summed E-state index contributed by atoms with van der Waals surface area (Å²) in [6, 6.07) is 4.01. The highest BCUT2D eigenvalue weighted by Gasteiger charge is 2.04. The second-order valence-corrected chi connectivity index (χ2v) is 4.61. The van der Waals surface area contributed by atoms with Crippen molar-refractivity contribution in [3.05, 3.63) is 40.9 Å². The number of hydrogen-bond donors (Lipinski definition) is 1. The lowest BCUT2D eigenvalue weighted by Gasteiger charge is -2.10. The van der Waals surface area contributed by atoms with Gasteiger partial charge in [-0.3, -0.25) is 4.68 Å². The lowest BCUT2D eigenvalue weighted by molar-refractivity contribution is 0.578. The van der Waals surface area contributed by atoms with Crippen molar-refractivity contribution in [2.45, 2.75) is 33.4 Å². The Hall–Kier alpha value is -1.55. The molecule has 0 spiro atoms. The quantitative estimate of drug-likeness (QED) is 0.843. The van der Waals surface area contributed by atoms with Crippen molar-refractivity contribution < 1.29 is 0 Å². The van der Waals surface area contributed by atoms with Gasteiger partial charge in [-0.15, -0.1) is 0 Å². The van der Waals surface area contributed by atoms with Crippen LogP contribution in [-0.4, -0.2) is 14.8 Å². The SMILES string of the molecule is CCCn1nccc1CNc1cc(C)cnc1Cl. The van der Waals surface area contributed by atoms with Crippen molar-refractivity contribution in [1.82, 2.24) is 14.8 Å². The smallest absolute Gasteiger partial charge is 0.152 e. The Morgan fingerprint density at radius 2 is 2.28 bits per heavy atom. The van der Waals surface area contributed by atoms with Gasteiger partial charge in [0, 0.05) is 18.9 Å². The van der Waals surface area contributed by atoms with Crippen LogP contribution in [0.25, 0.3) is 0 Å². The molecule has 18 heavy (non-hydrogen) atoms. The van der Waals surface area contributed by atoms with Crippen LogP contribution < -0.4 is 5.32 Å². The maximum absolute atomic E-state index is 6.04. The number of anilines is 1. The van der Waals surface area contributed by atoms with Crippen LogP contribution in [0.3, 0.4) is 0 Å². The fourth-order valence-electron chi connectivity index (χ4n) is 1.79. The average Bonchev–Trinajstić information content (AvgIpc) is 2.78. The fourth-order valence-corrected chi connectivity index (χ4v) is 1.96. The first-order valence-electron chi connectivity index (χ1n) is 6.07. The van der Waals surface area contributed by atoms with Gasteiger partial charge in [0.25, 0.3) is 0 Å². The molecule has 5 heteroatoms. The molecule has 0 aliphatic heterocycles. The predicted molar refractivity (Wildman–Crippen MR) is 73.8 cm³/mol. The normalized spacial score (nSPS) is 10.6. The van der Waals surface area contributed by atoms with Crippen molar-refractivity contribution in [1.29, 1.82) is 0 Å². The molecule has 0 aliphatic carbocycles. The zero-order chi connectivity index (χ0) is 13.0. The lowest BCUT2D eigenvalue weighted by Crippen LogP contribution is -2.09. The highest BCUT2D eigenvalue weighted by atomic mass is 35.5. The second-order valence-electron chi connectivity index (χ2n) is 4.25. The van der Waals surface area contributed by atoms with Gasteiger partial charge in [-0.05, 0) is 31.0 Å². The molecular formula is C13H17ClN4. The van der Waals surface area contributed by atoms with Crippen LogP contribution in [0.4, 0.5) is 5.69 Å². The minimum absolute atomic E-state index is 0.502. The van der Waals surface area contributed by atoms with E-state index in [1.807, 2.05) is 29.9 Å². The van der Waals surface area contributed by atoms with Gasteiger partial charge >= 0.3 is 0 Å². The van der Waals surface area contributed by atoms with Crippen molar-refractivity contribution in [2.24, 2.45) is 0 Å². The molecule has 0 aromatic carbocycles. The van der Waals surface area contributed by atoms with Crippen molar-refractivity contribution in [3.63, 3.8) is 0 Å². The molecule has 0 fully saturated rings. The van der Waals surface area contributed by atoms with Crippen LogP contribution in [0.5, 0.6) is 0 Å². The number of nitrogens with one attached hydrogen (secondary N) is 1. The summed E-state index contributed by atoms with van der Waals surface area (Å²) >= 11 is 6.04. The molecule has 0 aliphatic rings. The summed E-state index contributed by atoms with van der Waals surface area (Å²) in [4.78, 5) is 4.12. The van der Waals surface area contributed by atoms with E-state index in [0.717, 1.165) is 29.9 Å². The van der Waals surface area contributed by atoms with Crippen LogP contribution in [0.1, 0.15) is 24.6 Å². The van der Waals surface area contributed by atoms with E-state index in [0.29, 0.717) is 11.7 Å². The molecule has 1 N–H and O–H groups in total. The van der Waals surface area contributed by atoms with E-state index in [-0.39, 0.29) is 0 Å². The van der Waals surface area contributed by atoms with Gasteiger partial charge in [-0.1, -0.05) is 18.5 Å². The Morgan fingerprint density at radius 1 is 1.44 bits per heavy atom. The summed E-state index contributed by atoms with van der Waals surface area (Å²) in [6.07, 6.45) is 4.65. The van der Waals surface area contributed by atoms with E-state index in [4.69, 9.17) is 11.6 Å². The Labute approximate surface area is 112 Å². The summed E-state index contributed by atoms with van der Waals surface area (Å²) in [5.74, 6) is 0. The van der Waals surface area contributed by atoms with Crippen LogP contribution >= 0.6 is 11.6 Å². The molecule has 0 unspecified atom stereocenters. The minimum Gasteiger partial charge on any atom is -0.377 e. The molecule has 96 valence electrons. The Bertz CT molecular complexity index is 521. The molecule has 2 heterocycles. The van der Waals surface area contributed by atoms with E-state index >= 15 is 0 Å². The zero-order valence-corrected chi connectivity index (χ0v) is 11.4. The molecule has 0 saturated heterocycles. The van der Waals surface area contributed by atoms with Crippen LogP contribution in [0, 0.1) is 6.92 Å². The van der Waals surface area contributed by atoms with E-state index in [9.17, 15) is 0 Å². The molecule has 2 rings (SSSR count). The third-order valence-corrected chi connectivity index (χ3v) is 2.98. The largest absolute Gasteiger partial charge is 0.377 e. The van der Waals surface area contributed by atoms with Gasteiger partial charge in [-0.25, -0.2) is 4.98 Å². The predicted octanol–water partition coefficient (Wildman–Crippen LogP) is 3.26. The van der Waals surface area contributed by atoms with Gasteiger partial charge in [0.05, 0.1) is 17.9 Å². The number of pyridine rings is 1. The summed E-state index contributed by atoms with van der Waals surface area (Å²) in [5, 5.41) is 8.09. The summed E-state index contributed by atoms with van der Waals surface area (Å²) in [7, 11) is 0. The first-order valence-corrected chi connectivity index (χ1v) is 6.45. The third-order valence-electron chi connectivity index (χ3n) is 2.68. The third kappa shape index (κ3) is 3.01. The minimum atomic E-state index is 0.502. The van der Waals surface area contributed by atoms with E-state index in [1.54, 1.807) is 6.20 Å². The topological polar surface area (TPSA) is 42.7 Å². The van der Waals surface area contributed by atoms with Gasteiger partial charge in [0.2, 0.25) is 0 Å². The van der Waals surface area contributed by atoms with Gasteiger partial charge in [0.15, 0.2) is 5.15 Å². The fraction of sp³-hybridized carbons (Fsp3) is 0.385. The first-order chi connectivity index (χ1) is 8.70. The van der Waals surface area contributed by atoms with Crippen molar-refractivity contribution >= 4 is 17.3 Å². The molecule has 0 bridgehead atoms. The van der Waals surface area contributed by atoms with Crippen LogP contribution in [0.2, 0.25) is 5.15 Å². The highest BCUT2D eigenvalue weighted by molar-refractivity contribution is 6.31. The standard InChI is InChI=1S/C13H17ClN4/c1-3-6-18-11(4-5-17-18)9-15-12-7-10(2)8-16-13(12)14/h4-5,7-8,15H,3,6,9H2,1-2H3. The number of hydrogen-bond acceptors (Lipinski definition) is 3. The summed E-state index contributed by atoms with van der Waals surface area (Å²) < 4.78 is 2.00. The number of halogens is 1.